The highest BCUT2D eigenvalue weighted by Crippen LogP contribution is 2.29. The Morgan fingerprint density at radius 3 is 2.17 bits per heavy atom. The van der Waals surface area contributed by atoms with E-state index in [4.69, 9.17) is 5.73 Å². The first-order valence-corrected chi connectivity index (χ1v) is 7.84. The zero-order valence-electron chi connectivity index (χ0n) is 13.8. The number of halogens is 4. The van der Waals surface area contributed by atoms with Crippen molar-refractivity contribution in [1.82, 2.24) is 5.32 Å². The van der Waals surface area contributed by atoms with Crippen LogP contribution in [0.25, 0.3) is 0 Å². The highest BCUT2D eigenvalue weighted by molar-refractivity contribution is 5.81. The Morgan fingerprint density at radius 2 is 1.71 bits per heavy atom. The molecule has 1 heterocycles. The Morgan fingerprint density at radius 1 is 1.21 bits per heavy atom. The van der Waals surface area contributed by atoms with E-state index >= 15 is 0 Å². The first kappa shape index (κ1) is 20.1. The number of carbonyl (C=O) groups is 1. The van der Waals surface area contributed by atoms with Crippen LogP contribution in [0.1, 0.15) is 26.7 Å². The number of amides is 1. The molecule has 1 saturated heterocycles. The number of benzene rings is 1. The van der Waals surface area contributed by atoms with Crippen LogP contribution in [0.5, 0.6) is 0 Å². The molecule has 0 spiro atoms. The van der Waals surface area contributed by atoms with Gasteiger partial charge >= 0.3 is 12.1 Å². The predicted molar refractivity (Wildman–Crippen MR) is 86.6 cm³/mol. The number of nitrogens with zero attached hydrogens (tertiary/aromatic N) is 1. The highest BCUT2D eigenvalue weighted by atomic mass is 19.4. The first-order valence-electron chi connectivity index (χ1n) is 7.84. The number of alkyl halides is 4. The fourth-order valence-electron chi connectivity index (χ4n) is 2.37. The van der Waals surface area contributed by atoms with Crippen LogP contribution in [0.4, 0.5) is 28.9 Å². The standard InChI is InChI=1S/C14H17F4N3O.C2H6/c15-13(9-20-12(22)14(16,17)18)5-7-21(8-6-13)11-3-1-10(19)2-4-11;1-2/h1-4H,5-9,19H2,(H,20,22);1-2H3. The lowest BCUT2D eigenvalue weighted by Gasteiger charge is -2.37. The number of nitrogens with one attached hydrogen (secondary N) is 1. The van der Waals surface area contributed by atoms with Gasteiger partial charge in [-0.05, 0) is 24.3 Å². The van der Waals surface area contributed by atoms with Crippen molar-refractivity contribution in [2.45, 2.75) is 38.5 Å². The number of carbonyl (C=O) groups excluding carboxylic acids is 1. The molecule has 24 heavy (non-hydrogen) atoms. The highest BCUT2D eigenvalue weighted by Gasteiger charge is 2.41. The molecule has 0 aliphatic carbocycles. The average Bonchev–Trinajstić information content (AvgIpc) is 2.55. The minimum Gasteiger partial charge on any atom is -0.399 e. The molecule has 8 heteroatoms. The van der Waals surface area contributed by atoms with Crippen LogP contribution in [0.15, 0.2) is 24.3 Å². The van der Waals surface area contributed by atoms with Crippen molar-refractivity contribution in [3.63, 3.8) is 0 Å². The van der Waals surface area contributed by atoms with Crippen molar-refractivity contribution >= 4 is 17.3 Å². The fraction of sp³-hybridized carbons (Fsp3) is 0.562. The van der Waals surface area contributed by atoms with Crippen LogP contribution in [0.2, 0.25) is 0 Å². The maximum Gasteiger partial charge on any atom is 0.471 e. The van der Waals surface area contributed by atoms with Gasteiger partial charge in [0.2, 0.25) is 0 Å². The Bertz CT molecular complexity index is 523. The Labute approximate surface area is 139 Å². The van der Waals surface area contributed by atoms with Crippen LogP contribution < -0.4 is 16.0 Å². The van der Waals surface area contributed by atoms with Gasteiger partial charge in [-0.3, -0.25) is 4.79 Å². The molecule has 0 saturated carbocycles. The monoisotopic (exact) mass is 349 g/mol. The van der Waals surface area contributed by atoms with Crippen molar-refractivity contribution in [3.8, 4) is 0 Å². The molecule has 136 valence electrons. The van der Waals surface area contributed by atoms with E-state index in [2.05, 4.69) is 0 Å². The van der Waals surface area contributed by atoms with E-state index in [1.165, 1.54) is 0 Å². The fourth-order valence-corrected chi connectivity index (χ4v) is 2.37. The summed E-state index contributed by atoms with van der Waals surface area (Å²) < 4.78 is 50.7. The van der Waals surface area contributed by atoms with Crippen molar-refractivity contribution < 1.29 is 22.4 Å². The molecule has 3 N–H and O–H groups in total. The number of nitrogens with two attached hydrogens (primary N) is 1. The zero-order chi connectivity index (χ0) is 18.4. The summed E-state index contributed by atoms with van der Waals surface area (Å²) >= 11 is 0. The molecular weight excluding hydrogens is 326 g/mol. The third kappa shape index (κ3) is 5.58. The van der Waals surface area contributed by atoms with E-state index in [1.807, 2.05) is 30.9 Å². The van der Waals surface area contributed by atoms with Crippen LogP contribution in [-0.4, -0.2) is 37.4 Å². The average molecular weight is 349 g/mol. The van der Waals surface area contributed by atoms with Crippen molar-refractivity contribution in [3.05, 3.63) is 24.3 Å². The van der Waals surface area contributed by atoms with Crippen LogP contribution >= 0.6 is 0 Å². The zero-order valence-corrected chi connectivity index (χ0v) is 13.8. The number of hydrogen-bond acceptors (Lipinski definition) is 3. The molecule has 4 nitrogen and oxygen atoms in total. The van der Waals surface area contributed by atoms with Gasteiger partial charge in [0.1, 0.15) is 5.67 Å². The lowest BCUT2D eigenvalue weighted by Crippen LogP contribution is -2.50. The molecule has 1 aromatic carbocycles. The van der Waals surface area contributed by atoms with E-state index in [1.54, 1.807) is 17.4 Å². The molecular formula is C16H23F4N3O. The summed E-state index contributed by atoms with van der Waals surface area (Å²) in [7, 11) is 0. The third-order valence-electron chi connectivity index (χ3n) is 3.74. The van der Waals surface area contributed by atoms with Gasteiger partial charge < -0.3 is 16.0 Å². The predicted octanol–water partition coefficient (Wildman–Crippen LogP) is 3.28. The molecule has 0 radical (unpaired) electrons. The van der Waals surface area contributed by atoms with Crippen LogP contribution in [0.3, 0.4) is 0 Å². The SMILES string of the molecule is CC.Nc1ccc(N2CCC(F)(CNC(=O)C(F)(F)F)CC2)cc1. The lowest BCUT2D eigenvalue weighted by atomic mass is 9.93. The van der Waals surface area contributed by atoms with Crippen LogP contribution in [0, 0.1) is 0 Å². The van der Waals surface area contributed by atoms with Crippen LogP contribution in [-0.2, 0) is 4.79 Å². The summed E-state index contributed by atoms with van der Waals surface area (Å²) in [6, 6.07) is 7.09. The van der Waals surface area contributed by atoms with Gasteiger partial charge in [-0.15, -0.1) is 0 Å². The van der Waals surface area contributed by atoms with E-state index in [-0.39, 0.29) is 12.8 Å². The topological polar surface area (TPSA) is 58.4 Å². The smallest absolute Gasteiger partial charge is 0.399 e. The summed E-state index contributed by atoms with van der Waals surface area (Å²) in [5, 5.41) is 1.62. The largest absolute Gasteiger partial charge is 0.471 e. The molecule has 0 unspecified atom stereocenters. The number of hydrogen-bond donors (Lipinski definition) is 2. The Kier molecular flexibility index (Phi) is 6.86. The van der Waals surface area contributed by atoms with Gasteiger partial charge in [0.25, 0.3) is 0 Å². The number of piperidine rings is 1. The second-order valence-electron chi connectivity index (χ2n) is 5.41. The molecule has 1 amide bonds. The molecule has 0 aromatic heterocycles. The van der Waals surface area contributed by atoms with Crippen molar-refractivity contribution in [1.29, 1.82) is 0 Å². The summed E-state index contributed by atoms with van der Waals surface area (Å²) in [6.45, 7) is 4.10. The number of anilines is 2. The molecule has 2 rings (SSSR count). The molecule has 0 atom stereocenters. The quantitative estimate of drug-likeness (QED) is 0.650. The van der Waals surface area contributed by atoms with E-state index in [0.29, 0.717) is 18.8 Å². The van der Waals surface area contributed by atoms with Gasteiger partial charge in [-0.25, -0.2) is 4.39 Å². The summed E-state index contributed by atoms with van der Waals surface area (Å²) in [5.74, 6) is -2.11. The van der Waals surface area contributed by atoms with Gasteiger partial charge in [0, 0.05) is 37.3 Å². The normalized spacial score (nSPS) is 16.8. The Balaban J connectivity index is 0.00000139. The minimum absolute atomic E-state index is 0.0511. The summed E-state index contributed by atoms with van der Waals surface area (Å²) in [4.78, 5) is 12.7. The number of rotatable bonds is 3. The second-order valence-corrected chi connectivity index (χ2v) is 5.41. The molecule has 1 aliphatic heterocycles. The summed E-state index contributed by atoms with van der Waals surface area (Å²) in [5.41, 5.74) is 5.28. The third-order valence-corrected chi connectivity index (χ3v) is 3.74. The van der Waals surface area contributed by atoms with Gasteiger partial charge in [-0.2, -0.15) is 13.2 Å². The number of nitrogen functional groups attached to an aromatic ring is 1. The molecule has 1 aliphatic rings. The van der Waals surface area contributed by atoms with Gasteiger partial charge in [-0.1, -0.05) is 13.8 Å². The van der Waals surface area contributed by atoms with Gasteiger partial charge in [0.15, 0.2) is 0 Å². The van der Waals surface area contributed by atoms with Crippen molar-refractivity contribution in [2.75, 3.05) is 30.3 Å². The minimum atomic E-state index is -4.99. The van der Waals surface area contributed by atoms with E-state index < -0.39 is 24.3 Å². The maximum atomic E-state index is 14.4. The molecule has 1 aromatic rings. The molecule has 1 fully saturated rings. The maximum absolute atomic E-state index is 14.4. The van der Waals surface area contributed by atoms with Gasteiger partial charge in [0.05, 0.1) is 6.54 Å². The van der Waals surface area contributed by atoms with E-state index in [9.17, 15) is 22.4 Å². The summed E-state index contributed by atoms with van der Waals surface area (Å²) in [6.07, 6.45) is -4.88. The molecule has 0 bridgehead atoms. The lowest BCUT2D eigenvalue weighted by molar-refractivity contribution is -0.174. The second kappa shape index (κ2) is 8.21. The van der Waals surface area contributed by atoms with E-state index in [0.717, 1.165) is 5.69 Å². The Hall–Kier alpha value is -1.99. The first-order chi connectivity index (χ1) is 11.2. The van der Waals surface area contributed by atoms with Crippen molar-refractivity contribution in [2.24, 2.45) is 0 Å².